The second-order valence-electron chi connectivity index (χ2n) is 6.82. The van der Waals surface area contributed by atoms with Gasteiger partial charge in [0.05, 0.1) is 12.2 Å². The predicted molar refractivity (Wildman–Crippen MR) is 69.9 cm³/mol. The summed E-state index contributed by atoms with van der Waals surface area (Å²) < 4.78 is 11.4. The molecule has 0 radical (unpaired) electrons. The fourth-order valence-corrected chi connectivity index (χ4v) is 4.58. The highest BCUT2D eigenvalue weighted by atomic mass is 16.6. The first-order chi connectivity index (χ1) is 9.26. The molecule has 0 saturated carbocycles. The van der Waals surface area contributed by atoms with E-state index in [1.54, 1.807) is 0 Å². The molecule has 1 N–H and O–H groups in total. The van der Waals surface area contributed by atoms with Crippen LogP contribution in [-0.2, 0) is 14.3 Å². The largest absolute Gasteiger partial charge is 0.378 e. The third kappa shape index (κ3) is 2.05. The number of hydrogen-bond acceptors (Lipinski definition) is 4. The Morgan fingerprint density at radius 1 is 1.21 bits per heavy atom. The summed E-state index contributed by atoms with van der Waals surface area (Å²) >= 11 is 0. The third-order valence-electron chi connectivity index (χ3n) is 5.63. The van der Waals surface area contributed by atoms with Gasteiger partial charge in [0.1, 0.15) is 5.78 Å². The van der Waals surface area contributed by atoms with E-state index in [1.165, 1.54) is 12.8 Å². The molecule has 0 aliphatic carbocycles. The summed E-state index contributed by atoms with van der Waals surface area (Å²) in [7, 11) is 0. The molecule has 5 unspecified atom stereocenters. The standard InChI is InChI=1S/C15H23NO3/c17-14(12-7-11-1-2-13(12)16-11)10-3-5-19-15(8-10)4-6-18-9-15/h10-13,16H,1-9H2. The number of Topliss-reactive ketones (excluding diaryl/α,β-unsaturated/α-hetero) is 1. The molecule has 4 fully saturated rings. The molecule has 0 aromatic heterocycles. The van der Waals surface area contributed by atoms with Gasteiger partial charge in [-0.05, 0) is 32.1 Å². The zero-order valence-corrected chi connectivity index (χ0v) is 11.4. The van der Waals surface area contributed by atoms with Crippen LogP contribution >= 0.6 is 0 Å². The van der Waals surface area contributed by atoms with Crippen molar-refractivity contribution in [2.75, 3.05) is 19.8 Å². The first-order valence-corrected chi connectivity index (χ1v) is 7.77. The van der Waals surface area contributed by atoms with Gasteiger partial charge in [-0.25, -0.2) is 0 Å². The van der Waals surface area contributed by atoms with E-state index in [0.717, 1.165) is 38.9 Å². The topological polar surface area (TPSA) is 47.6 Å². The van der Waals surface area contributed by atoms with E-state index in [2.05, 4.69) is 5.32 Å². The van der Waals surface area contributed by atoms with Gasteiger partial charge in [0.25, 0.3) is 0 Å². The van der Waals surface area contributed by atoms with Gasteiger partial charge in [-0.3, -0.25) is 4.79 Å². The van der Waals surface area contributed by atoms with Gasteiger partial charge in [-0.1, -0.05) is 0 Å². The van der Waals surface area contributed by atoms with Gasteiger partial charge >= 0.3 is 0 Å². The fourth-order valence-electron chi connectivity index (χ4n) is 4.58. The monoisotopic (exact) mass is 265 g/mol. The number of ether oxygens (including phenoxy) is 2. The molecule has 19 heavy (non-hydrogen) atoms. The highest BCUT2D eigenvalue weighted by Gasteiger charge is 2.48. The molecule has 4 nitrogen and oxygen atoms in total. The van der Waals surface area contributed by atoms with Gasteiger partial charge in [0.2, 0.25) is 0 Å². The van der Waals surface area contributed by atoms with Gasteiger partial charge in [-0.2, -0.15) is 0 Å². The summed E-state index contributed by atoms with van der Waals surface area (Å²) in [6, 6.07) is 1.08. The van der Waals surface area contributed by atoms with Crippen molar-refractivity contribution in [3.05, 3.63) is 0 Å². The fraction of sp³-hybridized carbons (Fsp3) is 0.933. The summed E-state index contributed by atoms with van der Waals surface area (Å²) in [5, 5.41) is 3.58. The van der Waals surface area contributed by atoms with Gasteiger partial charge in [0.15, 0.2) is 0 Å². The number of carbonyl (C=O) groups excluding carboxylic acids is 1. The van der Waals surface area contributed by atoms with Crippen LogP contribution < -0.4 is 5.32 Å². The Kier molecular flexibility index (Phi) is 2.94. The van der Waals surface area contributed by atoms with Crippen molar-refractivity contribution in [1.29, 1.82) is 0 Å². The second kappa shape index (κ2) is 4.54. The van der Waals surface area contributed by atoms with Crippen LogP contribution in [0.25, 0.3) is 0 Å². The maximum atomic E-state index is 12.8. The minimum Gasteiger partial charge on any atom is -0.378 e. The van der Waals surface area contributed by atoms with Crippen LogP contribution in [0, 0.1) is 11.8 Å². The van der Waals surface area contributed by atoms with Crippen molar-refractivity contribution >= 4 is 5.78 Å². The Bertz CT molecular complexity index is 378. The smallest absolute Gasteiger partial charge is 0.140 e. The lowest BCUT2D eigenvalue weighted by molar-refractivity contribution is -0.141. The van der Waals surface area contributed by atoms with Gasteiger partial charge in [-0.15, -0.1) is 0 Å². The van der Waals surface area contributed by atoms with Gasteiger partial charge < -0.3 is 14.8 Å². The van der Waals surface area contributed by atoms with E-state index < -0.39 is 0 Å². The average Bonchev–Trinajstić information content (AvgIpc) is 3.14. The Morgan fingerprint density at radius 3 is 2.84 bits per heavy atom. The molecule has 2 bridgehead atoms. The van der Waals surface area contributed by atoms with Crippen molar-refractivity contribution in [3.8, 4) is 0 Å². The SMILES string of the molecule is O=C(C1CCOC2(CCOC2)C1)C1CC2CCC1N2. The highest BCUT2D eigenvalue weighted by Crippen LogP contribution is 2.41. The van der Waals surface area contributed by atoms with E-state index >= 15 is 0 Å². The number of ketones is 1. The Labute approximate surface area is 114 Å². The van der Waals surface area contributed by atoms with Crippen molar-refractivity contribution < 1.29 is 14.3 Å². The lowest BCUT2D eigenvalue weighted by atomic mass is 9.75. The molecule has 0 aromatic rings. The molecular weight excluding hydrogens is 242 g/mol. The lowest BCUT2D eigenvalue weighted by Crippen LogP contribution is -2.45. The zero-order chi connectivity index (χ0) is 12.9. The quantitative estimate of drug-likeness (QED) is 0.817. The Balaban J connectivity index is 1.45. The molecule has 4 heterocycles. The van der Waals surface area contributed by atoms with Crippen molar-refractivity contribution in [2.24, 2.45) is 11.8 Å². The normalized spacial score (nSPS) is 49.1. The van der Waals surface area contributed by atoms with Gasteiger partial charge in [0, 0.05) is 43.6 Å². The van der Waals surface area contributed by atoms with E-state index in [-0.39, 0.29) is 17.4 Å². The average molecular weight is 265 g/mol. The molecule has 4 heteroatoms. The summed E-state index contributed by atoms with van der Waals surface area (Å²) in [5.41, 5.74) is -0.135. The predicted octanol–water partition coefficient (Wildman–Crippen LogP) is 1.28. The maximum Gasteiger partial charge on any atom is 0.140 e. The van der Waals surface area contributed by atoms with Crippen LogP contribution in [0.3, 0.4) is 0 Å². The molecule has 0 amide bonds. The Morgan fingerprint density at radius 2 is 2.16 bits per heavy atom. The van der Waals surface area contributed by atoms with Crippen molar-refractivity contribution in [2.45, 2.75) is 56.2 Å². The van der Waals surface area contributed by atoms with Crippen molar-refractivity contribution in [3.63, 3.8) is 0 Å². The summed E-state index contributed by atoms with van der Waals surface area (Å²) in [5.74, 6) is 0.997. The van der Waals surface area contributed by atoms with Crippen LogP contribution in [0.2, 0.25) is 0 Å². The third-order valence-corrected chi connectivity index (χ3v) is 5.63. The van der Waals surface area contributed by atoms with Crippen molar-refractivity contribution in [1.82, 2.24) is 5.32 Å². The van der Waals surface area contributed by atoms with E-state index in [4.69, 9.17) is 9.47 Å². The van der Waals surface area contributed by atoms with Crippen LogP contribution in [0.1, 0.15) is 38.5 Å². The van der Waals surface area contributed by atoms with E-state index in [1.807, 2.05) is 0 Å². The number of fused-ring (bicyclic) bond motifs is 2. The second-order valence-corrected chi connectivity index (χ2v) is 6.82. The van der Waals surface area contributed by atoms with Crippen LogP contribution in [0.15, 0.2) is 0 Å². The molecule has 4 aliphatic heterocycles. The summed E-state index contributed by atoms with van der Waals surface area (Å²) in [4.78, 5) is 12.8. The molecule has 5 atom stereocenters. The van der Waals surface area contributed by atoms with E-state index in [9.17, 15) is 4.79 Å². The summed E-state index contributed by atoms with van der Waals surface area (Å²) in [6.07, 6.45) is 6.29. The van der Waals surface area contributed by atoms with Crippen LogP contribution in [0.4, 0.5) is 0 Å². The number of carbonyl (C=O) groups is 1. The first kappa shape index (κ1) is 12.3. The molecular formula is C15H23NO3. The maximum absolute atomic E-state index is 12.8. The summed E-state index contributed by atoms with van der Waals surface area (Å²) in [6.45, 7) is 2.20. The Hall–Kier alpha value is -0.450. The number of nitrogens with one attached hydrogen (secondary N) is 1. The molecule has 0 aromatic carbocycles. The van der Waals surface area contributed by atoms with Crippen LogP contribution in [-0.4, -0.2) is 43.3 Å². The lowest BCUT2D eigenvalue weighted by Gasteiger charge is -2.37. The molecule has 1 spiro atoms. The minimum atomic E-state index is -0.135. The zero-order valence-electron chi connectivity index (χ0n) is 11.4. The molecule has 106 valence electrons. The molecule has 4 saturated heterocycles. The number of hydrogen-bond donors (Lipinski definition) is 1. The first-order valence-electron chi connectivity index (χ1n) is 7.77. The highest BCUT2D eigenvalue weighted by molar-refractivity contribution is 5.85. The number of rotatable bonds is 2. The van der Waals surface area contributed by atoms with E-state index in [0.29, 0.717) is 24.5 Å². The molecule has 4 aliphatic rings. The minimum absolute atomic E-state index is 0.135. The molecule has 4 rings (SSSR count). The van der Waals surface area contributed by atoms with Crippen LogP contribution in [0.5, 0.6) is 0 Å².